The molecule has 0 aliphatic rings. The number of aliphatic hydroxyl groups is 1. The molecule has 1 N–H and O–H groups in total. The Morgan fingerprint density at radius 3 is 2.93 bits per heavy atom. The van der Waals surface area contributed by atoms with Crippen molar-refractivity contribution < 1.29 is 9.84 Å². The van der Waals surface area contributed by atoms with Crippen LogP contribution in [0.2, 0.25) is 0 Å². The largest absolute Gasteiger partial charge is 0.497 e. The molecular weight excluding hydrogens is 196 g/mol. The van der Waals surface area contributed by atoms with Crippen molar-refractivity contribution in [1.29, 1.82) is 0 Å². The maximum atomic E-state index is 9.60. The first kappa shape index (κ1) is 11.4. The summed E-state index contributed by atoms with van der Waals surface area (Å²) in [7, 11) is 1.65. The molecule has 0 radical (unpaired) electrons. The van der Waals surface area contributed by atoms with Gasteiger partial charge in [0.1, 0.15) is 5.75 Å². The lowest BCUT2D eigenvalue weighted by Crippen LogP contribution is -2.13. The molecule has 0 saturated carbocycles. The fraction of sp³-hybridized carbons (Fsp3) is 0.455. The Kier molecular flexibility index (Phi) is 4.84. The van der Waals surface area contributed by atoms with Crippen LogP contribution in [0.25, 0.3) is 0 Å². The lowest BCUT2D eigenvalue weighted by atomic mass is 10.1. The van der Waals surface area contributed by atoms with E-state index >= 15 is 0 Å². The Balaban J connectivity index is 2.57. The number of hydrogen-bond donors (Lipinski definition) is 1. The van der Waals surface area contributed by atoms with Gasteiger partial charge in [0, 0.05) is 5.75 Å². The highest BCUT2D eigenvalue weighted by atomic mass is 32.2. The third-order valence-corrected chi connectivity index (χ3v) is 2.68. The highest BCUT2D eigenvalue weighted by Gasteiger charge is 2.04. The molecule has 0 aliphatic heterocycles. The van der Waals surface area contributed by atoms with Gasteiger partial charge in [-0.2, -0.15) is 11.8 Å². The lowest BCUT2D eigenvalue weighted by Gasteiger charge is -2.09. The van der Waals surface area contributed by atoms with Crippen molar-refractivity contribution in [3.8, 4) is 5.75 Å². The van der Waals surface area contributed by atoms with Crippen LogP contribution in [0.15, 0.2) is 24.3 Å². The zero-order valence-electron chi connectivity index (χ0n) is 8.56. The van der Waals surface area contributed by atoms with Gasteiger partial charge in [0.15, 0.2) is 0 Å². The van der Waals surface area contributed by atoms with Gasteiger partial charge in [-0.05, 0) is 30.4 Å². The predicted molar refractivity (Wildman–Crippen MR) is 61.1 cm³/mol. The first-order chi connectivity index (χ1) is 6.76. The fourth-order valence-corrected chi connectivity index (χ4v) is 1.83. The molecule has 0 spiro atoms. The van der Waals surface area contributed by atoms with Crippen LogP contribution in [-0.2, 0) is 6.42 Å². The van der Waals surface area contributed by atoms with Crippen LogP contribution in [0, 0.1) is 0 Å². The Morgan fingerprint density at radius 2 is 2.29 bits per heavy atom. The molecule has 0 saturated heterocycles. The second-order valence-electron chi connectivity index (χ2n) is 3.16. The monoisotopic (exact) mass is 212 g/mol. The maximum Gasteiger partial charge on any atom is 0.119 e. The van der Waals surface area contributed by atoms with E-state index in [1.807, 2.05) is 30.5 Å². The summed E-state index contributed by atoms with van der Waals surface area (Å²) in [4.78, 5) is 0. The summed E-state index contributed by atoms with van der Waals surface area (Å²) in [5.74, 6) is 1.62. The molecular formula is C11H16O2S. The van der Waals surface area contributed by atoms with Crippen LogP contribution in [0.4, 0.5) is 0 Å². The average Bonchev–Trinajstić information content (AvgIpc) is 2.18. The molecule has 0 bridgehead atoms. The number of methoxy groups -OCH3 is 1. The van der Waals surface area contributed by atoms with Gasteiger partial charge in [-0.3, -0.25) is 0 Å². The molecule has 0 heterocycles. The Bertz CT molecular complexity index is 276. The molecule has 1 aromatic rings. The van der Waals surface area contributed by atoms with Crippen molar-refractivity contribution in [2.45, 2.75) is 12.5 Å². The number of ether oxygens (including phenoxy) is 1. The molecule has 1 atom stereocenters. The summed E-state index contributed by atoms with van der Waals surface area (Å²) in [6.07, 6.45) is 2.42. The Morgan fingerprint density at radius 1 is 1.50 bits per heavy atom. The van der Waals surface area contributed by atoms with Crippen LogP contribution in [0.3, 0.4) is 0 Å². The van der Waals surface area contributed by atoms with Crippen molar-refractivity contribution in [2.75, 3.05) is 19.1 Å². The van der Waals surface area contributed by atoms with Crippen molar-refractivity contribution in [3.05, 3.63) is 29.8 Å². The van der Waals surface area contributed by atoms with Gasteiger partial charge in [-0.15, -0.1) is 0 Å². The maximum absolute atomic E-state index is 9.60. The van der Waals surface area contributed by atoms with Crippen molar-refractivity contribution >= 4 is 11.8 Å². The summed E-state index contributed by atoms with van der Waals surface area (Å²) < 4.78 is 5.11. The highest BCUT2D eigenvalue weighted by Crippen LogP contribution is 2.14. The van der Waals surface area contributed by atoms with E-state index in [1.165, 1.54) is 0 Å². The number of aliphatic hydroxyl groups excluding tert-OH is 1. The third-order valence-electron chi connectivity index (χ3n) is 1.96. The Labute approximate surface area is 89.3 Å². The zero-order chi connectivity index (χ0) is 10.4. The minimum absolute atomic E-state index is 0.267. The standard InChI is InChI=1S/C11H16O2S/c1-13-11-5-3-4-9(7-11)6-10(12)8-14-2/h3-5,7,10,12H,6,8H2,1-2H3. The predicted octanol–water partition coefficient (Wildman–Crippen LogP) is 1.96. The van der Waals surface area contributed by atoms with Gasteiger partial charge < -0.3 is 9.84 Å². The molecule has 0 fully saturated rings. The first-order valence-electron chi connectivity index (χ1n) is 4.56. The van der Waals surface area contributed by atoms with E-state index in [9.17, 15) is 5.11 Å². The van der Waals surface area contributed by atoms with Gasteiger partial charge in [-0.1, -0.05) is 12.1 Å². The summed E-state index contributed by atoms with van der Waals surface area (Å²) >= 11 is 1.66. The normalized spacial score (nSPS) is 12.5. The van der Waals surface area contributed by atoms with Gasteiger partial charge in [-0.25, -0.2) is 0 Å². The average molecular weight is 212 g/mol. The van der Waals surface area contributed by atoms with E-state index in [2.05, 4.69) is 0 Å². The SMILES string of the molecule is COc1cccc(CC(O)CSC)c1. The molecule has 78 valence electrons. The summed E-state index contributed by atoms with van der Waals surface area (Å²) in [5.41, 5.74) is 1.12. The van der Waals surface area contributed by atoms with Gasteiger partial charge in [0.05, 0.1) is 13.2 Å². The summed E-state index contributed by atoms with van der Waals surface area (Å²) in [6.45, 7) is 0. The minimum atomic E-state index is -0.267. The molecule has 1 aromatic carbocycles. The number of rotatable bonds is 5. The van der Waals surface area contributed by atoms with Gasteiger partial charge in [0.2, 0.25) is 0 Å². The van der Waals surface area contributed by atoms with Gasteiger partial charge in [0.25, 0.3) is 0 Å². The minimum Gasteiger partial charge on any atom is -0.497 e. The summed E-state index contributed by atoms with van der Waals surface area (Å²) in [5, 5.41) is 9.60. The summed E-state index contributed by atoms with van der Waals surface area (Å²) in [6, 6.07) is 7.82. The molecule has 3 heteroatoms. The Hall–Kier alpha value is -0.670. The van der Waals surface area contributed by atoms with E-state index in [0.717, 1.165) is 17.1 Å². The molecule has 1 rings (SSSR count). The quantitative estimate of drug-likeness (QED) is 0.809. The zero-order valence-corrected chi connectivity index (χ0v) is 9.38. The van der Waals surface area contributed by atoms with Crippen molar-refractivity contribution in [2.24, 2.45) is 0 Å². The third kappa shape index (κ3) is 3.60. The fourth-order valence-electron chi connectivity index (χ4n) is 1.32. The van der Waals surface area contributed by atoms with Crippen LogP contribution < -0.4 is 4.74 Å². The van der Waals surface area contributed by atoms with E-state index in [4.69, 9.17) is 4.74 Å². The van der Waals surface area contributed by atoms with Crippen molar-refractivity contribution in [1.82, 2.24) is 0 Å². The first-order valence-corrected chi connectivity index (χ1v) is 5.95. The smallest absolute Gasteiger partial charge is 0.119 e. The van der Waals surface area contributed by atoms with E-state index in [-0.39, 0.29) is 6.10 Å². The number of hydrogen-bond acceptors (Lipinski definition) is 3. The van der Waals surface area contributed by atoms with E-state index in [0.29, 0.717) is 6.42 Å². The highest BCUT2D eigenvalue weighted by molar-refractivity contribution is 7.98. The topological polar surface area (TPSA) is 29.5 Å². The van der Waals surface area contributed by atoms with Crippen LogP contribution in [0.1, 0.15) is 5.56 Å². The van der Waals surface area contributed by atoms with E-state index < -0.39 is 0 Å². The molecule has 2 nitrogen and oxygen atoms in total. The van der Waals surface area contributed by atoms with Crippen molar-refractivity contribution in [3.63, 3.8) is 0 Å². The number of benzene rings is 1. The lowest BCUT2D eigenvalue weighted by molar-refractivity contribution is 0.200. The van der Waals surface area contributed by atoms with Crippen LogP contribution in [0.5, 0.6) is 5.75 Å². The van der Waals surface area contributed by atoms with E-state index in [1.54, 1.807) is 18.9 Å². The number of thioether (sulfide) groups is 1. The molecule has 1 unspecified atom stereocenters. The molecule has 0 aromatic heterocycles. The molecule has 0 amide bonds. The molecule has 14 heavy (non-hydrogen) atoms. The van der Waals surface area contributed by atoms with Crippen LogP contribution >= 0.6 is 11.8 Å². The molecule has 0 aliphatic carbocycles. The second-order valence-corrected chi connectivity index (χ2v) is 4.08. The van der Waals surface area contributed by atoms with Crippen LogP contribution in [-0.4, -0.2) is 30.3 Å². The van der Waals surface area contributed by atoms with Gasteiger partial charge >= 0.3 is 0 Å². The second kappa shape index (κ2) is 5.94.